The summed E-state index contributed by atoms with van der Waals surface area (Å²) in [6, 6.07) is 5.85. The summed E-state index contributed by atoms with van der Waals surface area (Å²) < 4.78 is 20.2. The van der Waals surface area contributed by atoms with Crippen LogP contribution in [-0.4, -0.2) is 27.3 Å². The van der Waals surface area contributed by atoms with Gasteiger partial charge in [0.15, 0.2) is 5.82 Å². The summed E-state index contributed by atoms with van der Waals surface area (Å²) in [5.74, 6) is 0.0814. The molecule has 1 aromatic heterocycles. The van der Waals surface area contributed by atoms with Gasteiger partial charge in [-0.2, -0.15) is 0 Å². The van der Waals surface area contributed by atoms with Crippen LogP contribution in [0.3, 0.4) is 0 Å². The molecule has 0 N–H and O–H groups in total. The van der Waals surface area contributed by atoms with Crippen molar-refractivity contribution < 1.29 is 13.9 Å². The fourth-order valence-corrected chi connectivity index (χ4v) is 2.66. The van der Waals surface area contributed by atoms with E-state index in [9.17, 15) is 9.18 Å². The summed E-state index contributed by atoms with van der Waals surface area (Å²) in [7, 11) is 0. The van der Waals surface area contributed by atoms with Crippen molar-refractivity contribution in [2.75, 3.05) is 6.61 Å². The standard InChI is InChI=1S/C15H16FN3O2/c1-2-21-15(20)13(10-5-7-11(16)8-6-10)14-18-17-12-4-3-9-19(12)14/h5-8,13H,2-4,9H2,1H3. The monoisotopic (exact) mass is 289 g/mol. The predicted molar refractivity (Wildman–Crippen MR) is 73.2 cm³/mol. The molecular formula is C15H16FN3O2. The average molecular weight is 289 g/mol. The van der Waals surface area contributed by atoms with Gasteiger partial charge in [-0.15, -0.1) is 10.2 Å². The smallest absolute Gasteiger partial charge is 0.321 e. The van der Waals surface area contributed by atoms with E-state index in [-0.39, 0.29) is 18.4 Å². The van der Waals surface area contributed by atoms with Crippen LogP contribution in [0.15, 0.2) is 24.3 Å². The number of benzene rings is 1. The van der Waals surface area contributed by atoms with Gasteiger partial charge in [-0.1, -0.05) is 12.1 Å². The molecule has 3 rings (SSSR count). The lowest BCUT2D eigenvalue weighted by atomic mass is 9.98. The molecule has 5 nitrogen and oxygen atoms in total. The number of halogens is 1. The van der Waals surface area contributed by atoms with Gasteiger partial charge < -0.3 is 9.30 Å². The second kappa shape index (κ2) is 5.63. The molecule has 2 aromatic rings. The predicted octanol–water partition coefficient (Wildman–Crippen LogP) is 2.06. The summed E-state index contributed by atoms with van der Waals surface area (Å²) >= 11 is 0. The molecule has 6 heteroatoms. The van der Waals surface area contributed by atoms with Gasteiger partial charge in [-0.25, -0.2) is 4.39 Å². The van der Waals surface area contributed by atoms with Gasteiger partial charge in [0.25, 0.3) is 0 Å². The number of aryl methyl sites for hydroxylation is 1. The molecule has 1 atom stereocenters. The minimum absolute atomic E-state index is 0.289. The third-order valence-corrected chi connectivity index (χ3v) is 3.62. The maximum Gasteiger partial charge on any atom is 0.321 e. The Balaban J connectivity index is 2.03. The van der Waals surface area contributed by atoms with Crippen LogP contribution in [0.5, 0.6) is 0 Å². The molecule has 2 heterocycles. The molecule has 1 unspecified atom stereocenters. The first-order chi connectivity index (χ1) is 10.2. The molecule has 0 amide bonds. The molecule has 1 aliphatic rings. The molecule has 0 aliphatic carbocycles. The fourth-order valence-electron chi connectivity index (χ4n) is 2.66. The number of nitrogens with zero attached hydrogens (tertiary/aromatic N) is 3. The van der Waals surface area contributed by atoms with Crippen molar-refractivity contribution in [1.29, 1.82) is 0 Å². The van der Waals surface area contributed by atoms with Gasteiger partial charge >= 0.3 is 5.97 Å². The van der Waals surface area contributed by atoms with Crippen LogP contribution in [0.1, 0.15) is 36.5 Å². The van der Waals surface area contributed by atoms with Gasteiger partial charge in [0, 0.05) is 13.0 Å². The van der Waals surface area contributed by atoms with Crippen molar-refractivity contribution >= 4 is 5.97 Å². The van der Waals surface area contributed by atoms with E-state index >= 15 is 0 Å². The first-order valence-electron chi connectivity index (χ1n) is 7.04. The third-order valence-electron chi connectivity index (χ3n) is 3.62. The van der Waals surface area contributed by atoms with E-state index < -0.39 is 5.92 Å². The number of carbonyl (C=O) groups is 1. The first-order valence-corrected chi connectivity index (χ1v) is 7.04. The first kappa shape index (κ1) is 13.7. The van der Waals surface area contributed by atoms with Crippen LogP contribution in [0.25, 0.3) is 0 Å². The molecule has 1 aromatic carbocycles. The fraction of sp³-hybridized carbons (Fsp3) is 0.400. The van der Waals surface area contributed by atoms with Gasteiger partial charge in [-0.3, -0.25) is 4.79 Å². The molecule has 21 heavy (non-hydrogen) atoms. The Bertz CT molecular complexity index is 651. The second-order valence-electron chi connectivity index (χ2n) is 4.97. The van der Waals surface area contributed by atoms with Crippen LogP contribution in [-0.2, 0) is 22.5 Å². The highest BCUT2D eigenvalue weighted by Gasteiger charge is 2.31. The lowest BCUT2D eigenvalue weighted by molar-refractivity contribution is -0.144. The Morgan fingerprint density at radius 1 is 1.38 bits per heavy atom. The largest absolute Gasteiger partial charge is 0.465 e. The summed E-state index contributed by atoms with van der Waals surface area (Å²) in [4.78, 5) is 12.3. The van der Waals surface area contributed by atoms with Crippen LogP contribution >= 0.6 is 0 Å². The van der Waals surface area contributed by atoms with Gasteiger partial charge in [-0.05, 0) is 31.0 Å². The Morgan fingerprint density at radius 3 is 2.86 bits per heavy atom. The lowest BCUT2D eigenvalue weighted by Crippen LogP contribution is -2.21. The minimum Gasteiger partial charge on any atom is -0.465 e. The maximum atomic E-state index is 13.1. The minimum atomic E-state index is -0.662. The molecule has 0 spiro atoms. The molecular weight excluding hydrogens is 273 g/mol. The highest BCUT2D eigenvalue weighted by molar-refractivity contribution is 5.81. The number of hydrogen-bond donors (Lipinski definition) is 0. The number of fused-ring (bicyclic) bond motifs is 1. The summed E-state index contributed by atoms with van der Waals surface area (Å²) in [6.45, 7) is 2.85. The van der Waals surface area contributed by atoms with E-state index in [1.807, 2.05) is 4.57 Å². The third kappa shape index (κ3) is 2.53. The highest BCUT2D eigenvalue weighted by Crippen LogP contribution is 2.28. The number of aromatic nitrogens is 3. The number of carbonyl (C=O) groups excluding carboxylic acids is 1. The molecule has 0 saturated carbocycles. The highest BCUT2D eigenvalue weighted by atomic mass is 19.1. The molecule has 1 aliphatic heterocycles. The molecule has 0 saturated heterocycles. The van der Waals surface area contributed by atoms with Crippen molar-refractivity contribution in [1.82, 2.24) is 14.8 Å². The zero-order valence-corrected chi connectivity index (χ0v) is 11.8. The maximum absolute atomic E-state index is 13.1. The van der Waals surface area contributed by atoms with Crippen molar-refractivity contribution in [2.24, 2.45) is 0 Å². The van der Waals surface area contributed by atoms with Crippen LogP contribution in [0.2, 0.25) is 0 Å². The summed E-state index contributed by atoms with van der Waals surface area (Å²) in [5.41, 5.74) is 0.664. The van der Waals surface area contributed by atoms with Crippen molar-refractivity contribution in [3.05, 3.63) is 47.3 Å². The van der Waals surface area contributed by atoms with Crippen molar-refractivity contribution in [3.63, 3.8) is 0 Å². The van der Waals surface area contributed by atoms with E-state index in [0.717, 1.165) is 25.2 Å². The normalized spacial score (nSPS) is 14.8. The lowest BCUT2D eigenvalue weighted by Gasteiger charge is -2.16. The zero-order valence-electron chi connectivity index (χ0n) is 11.8. The number of ether oxygens (including phenoxy) is 1. The molecule has 0 fully saturated rings. The zero-order chi connectivity index (χ0) is 14.8. The van der Waals surface area contributed by atoms with Gasteiger partial charge in [0.1, 0.15) is 17.6 Å². The Labute approximate surface area is 121 Å². The van der Waals surface area contributed by atoms with Gasteiger partial charge in [0.2, 0.25) is 0 Å². The van der Waals surface area contributed by atoms with Crippen molar-refractivity contribution in [2.45, 2.75) is 32.2 Å². The quantitative estimate of drug-likeness (QED) is 0.808. The molecule has 0 radical (unpaired) electrons. The number of esters is 1. The second-order valence-corrected chi connectivity index (χ2v) is 4.97. The summed E-state index contributed by atoms with van der Waals surface area (Å²) in [5, 5.41) is 8.29. The van der Waals surface area contributed by atoms with E-state index in [2.05, 4.69) is 10.2 Å². The molecule has 0 bridgehead atoms. The van der Waals surface area contributed by atoms with Crippen LogP contribution in [0.4, 0.5) is 4.39 Å². The van der Waals surface area contributed by atoms with E-state index in [0.29, 0.717) is 11.4 Å². The Morgan fingerprint density at radius 2 is 2.14 bits per heavy atom. The Kier molecular flexibility index (Phi) is 3.68. The van der Waals surface area contributed by atoms with Crippen molar-refractivity contribution in [3.8, 4) is 0 Å². The van der Waals surface area contributed by atoms with E-state index in [1.165, 1.54) is 12.1 Å². The average Bonchev–Trinajstić information content (AvgIpc) is 3.06. The van der Waals surface area contributed by atoms with Crippen LogP contribution in [0, 0.1) is 5.82 Å². The van der Waals surface area contributed by atoms with Gasteiger partial charge in [0.05, 0.1) is 6.61 Å². The topological polar surface area (TPSA) is 57.0 Å². The number of rotatable bonds is 4. The Hall–Kier alpha value is -2.24. The SMILES string of the molecule is CCOC(=O)C(c1ccc(F)cc1)c1nnc2n1CCC2. The number of hydrogen-bond acceptors (Lipinski definition) is 4. The molecule has 110 valence electrons. The van der Waals surface area contributed by atoms with E-state index in [1.54, 1.807) is 19.1 Å². The summed E-state index contributed by atoms with van der Waals surface area (Å²) in [6.07, 6.45) is 1.86. The van der Waals surface area contributed by atoms with Crippen LogP contribution < -0.4 is 0 Å². The van der Waals surface area contributed by atoms with E-state index in [4.69, 9.17) is 4.74 Å².